The van der Waals surface area contributed by atoms with E-state index in [9.17, 15) is 9.18 Å². The van der Waals surface area contributed by atoms with Crippen LogP contribution in [-0.4, -0.2) is 49.1 Å². The lowest BCUT2D eigenvalue weighted by atomic mass is 10.1. The quantitative estimate of drug-likeness (QED) is 0.856. The Bertz CT molecular complexity index is 764. The molecule has 2 amide bonds. The van der Waals surface area contributed by atoms with E-state index < -0.39 is 5.82 Å². The Morgan fingerprint density at radius 3 is 2.56 bits per heavy atom. The summed E-state index contributed by atoms with van der Waals surface area (Å²) in [7, 11) is 4.18. The summed E-state index contributed by atoms with van der Waals surface area (Å²) in [6.07, 6.45) is 3.10. The third-order valence-electron chi connectivity index (χ3n) is 4.89. The number of benzene rings is 2. The van der Waals surface area contributed by atoms with Crippen molar-refractivity contribution in [3.05, 3.63) is 54.3 Å². The fourth-order valence-electron chi connectivity index (χ4n) is 3.26. The molecule has 0 bridgehead atoms. The van der Waals surface area contributed by atoms with E-state index in [-0.39, 0.29) is 11.8 Å². The van der Waals surface area contributed by atoms with Gasteiger partial charge < -0.3 is 19.9 Å². The average molecular weight is 371 g/mol. The third kappa shape index (κ3) is 5.20. The van der Waals surface area contributed by atoms with Crippen molar-refractivity contribution in [2.45, 2.75) is 25.3 Å². The summed E-state index contributed by atoms with van der Waals surface area (Å²) in [5.41, 5.74) is 0.689. The highest BCUT2D eigenvalue weighted by Crippen LogP contribution is 2.25. The molecule has 1 fully saturated rings. The number of urea groups is 1. The zero-order valence-corrected chi connectivity index (χ0v) is 15.8. The summed E-state index contributed by atoms with van der Waals surface area (Å²) in [5.74, 6) is 0.281. The number of ether oxygens (including phenoxy) is 1. The van der Waals surface area contributed by atoms with Gasteiger partial charge in [-0.05, 0) is 69.8 Å². The van der Waals surface area contributed by atoms with Crippen LogP contribution in [-0.2, 0) is 0 Å². The highest BCUT2D eigenvalue weighted by atomic mass is 19.1. The maximum Gasteiger partial charge on any atom is 0.321 e. The molecule has 0 aliphatic carbocycles. The smallest absolute Gasteiger partial charge is 0.321 e. The molecule has 1 heterocycles. The summed E-state index contributed by atoms with van der Waals surface area (Å²) in [6.45, 7) is 1.52. The van der Waals surface area contributed by atoms with E-state index in [0.29, 0.717) is 17.5 Å². The van der Waals surface area contributed by atoms with Gasteiger partial charge in [0.1, 0.15) is 5.75 Å². The van der Waals surface area contributed by atoms with Gasteiger partial charge in [-0.1, -0.05) is 12.1 Å². The summed E-state index contributed by atoms with van der Waals surface area (Å²) in [5, 5.41) is 2.93. The molecule has 1 aliphatic heterocycles. The minimum absolute atomic E-state index is 0.0859. The largest absolute Gasteiger partial charge is 0.454 e. The molecule has 1 N–H and O–H groups in total. The zero-order chi connectivity index (χ0) is 19.2. The first-order chi connectivity index (χ1) is 13.0. The van der Waals surface area contributed by atoms with Gasteiger partial charge >= 0.3 is 6.03 Å². The second kappa shape index (κ2) is 8.86. The van der Waals surface area contributed by atoms with Gasteiger partial charge in [0, 0.05) is 24.8 Å². The molecule has 1 saturated heterocycles. The molecule has 6 heteroatoms. The Balaban J connectivity index is 1.56. The van der Waals surface area contributed by atoms with Crippen molar-refractivity contribution in [3.63, 3.8) is 0 Å². The molecule has 1 unspecified atom stereocenters. The normalized spacial score (nSPS) is 17.5. The number of nitrogens with one attached hydrogen (secondary N) is 1. The molecule has 0 spiro atoms. The Hall–Kier alpha value is -2.60. The van der Waals surface area contributed by atoms with Crippen LogP contribution >= 0.6 is 0 Å². The van der Waals surface area contributed by atoms with Crippen molar-refractivity contribution in [3.8, 4) is 11.5 Å². The van der Waals surface area contributed by atoms with Gasteiger partial charge in [0.15, 0.2) is 11.6 Å². The Labute approximate surface area is 159 Å². The number of carbonyl (C=O) groups excluding carboxylic acids is 1. The first kappa shape index (κ1) is 19.2. The number of likely N-dealkylation sites (tertiary alicyclic amines) is 1. The molecular formula is C21H26FN3O2. The molecule has 0 saturated carbocycles. The van der Waals surface area contributed by atoms with E-state index in [1.165, 1.54) is 6.07 Å². The van der Waals surface area contributed by atoms with Crippen LogP contribution < -0.4 is 10.1 Å². The second-order valence-corrected chi connectivity index (χ2v) is 7.02. The Morgan fingerprint density at radius 1 is 1.11 bits per heavy atom. The molecule has 1 aliphatic rings. The standard InChI is InChI=1S/C21H26FN3O2/c1-24(2)17-6-5-14-25(15-13-17)21(26)23-16-9-11-18(12-10-16)27-20-8-4-3-7-19(20)22/h3-4,7-12,17H,5-6,13-15H2,1-2H3,(H,23,26). The number of carbonyl (C=O) groups is 1. The number of hydrogen-bond acceptors (Lipinski definition) is 3. The molecule has 27 heavy (non-hydrogen) atoms. The second-order valence-electron chi connectivity index (χ2n) is 7.02. The third-order valence-corrected chi connectivity index (χ3v) is 4.89. The average Bonchev–Trinajstić information content (AvgIpc) is 2.92. The van der Waals surface area contributed by atoms with Gasteiger partial charge in [0.25, 0.3) is 0 Å². The summed E-state index contributed by atoms with van der Waals surface area (Å²) >= 11 is 0. The molecule has 5 nitrogen and oxygen atoms in total. The van der Waals surface area contributed by atoms with Crippen LogP contribution in [0.3, 0.4) is 0 Å². The lowest BCUT2D eigenvalue weighted by molar-refractivity contribution is 0.210. The topological polar surface area (TPSA) is 44.8 Å². The highest BCUT2D eigenvalue weighted by Gasteiger charge is 2.21. The summed E-state index contributed by atoms with van der Waals surface area (Å²) < 4.78 is 19.2. The first-order valence-electron chi connectivity index (χ1n) is 9.28. The maximum absolute atomic E-state index is 13.7. The van der Waals surface area contributed by atoms with Crippen LogP contribution in [0.15, 0.2) is 48.5 Å². The van der Waals surface area contributed by atoms with Crippen LogP contribution in [0.5, 0.6) is 11.5 Å². The van der Waals surface area contributed by atoms with E-state index >= 15 is 0 Å². The Morgan fingerprint density at radius 2 is 1.85 bits per heavy atom. The van der Waals surface area contributed by atoms with Crippen molar-refractivity contribution in [1.29, 1.82) is 0 Å². The number of nitrogens with zero attached hydrogens (tertiary/aromatic N) is 2. The van der Waals surface area contributed by atoms with Gasteiger partial charge in [-0.25, -0.2) is 9.18 Å². The summed E-state index contributed by atoms with van der Waals surface area (Å²) in [4.78, 5) is 16.6. The van der Waals surface area contributed by atoms with Crippen molar-refractivity contribution in [1.82, 2.24) is 9.80 Å². The van der Waals surface area contributed by atoms with E-state index in [1.54, 1.807) is 42.5 Å². The number of rotatable bonds is 4. The number of anilines is 1. The molecule has 1 atom stereocenters. The fourth-order valence-corrected chi connectivity index (χ4v) is 3.26. The van der Waals surface area contributed by atoms with Crippen molar-refractivity contribution >= 4 is 11.7 Å². The first-order valence-corrected chi connectivity index (χ1v) is 9.28. The SMILES string of the molecule is CN(C)C1CCCN(C(=O)Nc2ccc(Oc3ccccc3F)cc2)CC1. The summed E-state index contributed by atoms with van der Waals surface area (Å²) in [6, 6.07) is 13.6. The van der Waals surface area contributed by atoms with Gasteiger partial charge in [-0.15, -0.1) is 0 Å². The Kier molecular flexibility index (Phi) is 6.29. The fraction of sp³-hybridized carbons (Fsp3) is 0.381. The minimum atomic E-state index is -0.410. The molecule has 0 radical (unpaired) electrons. The molecule has 3 rings (SSSR count). The van der Waals surface area contributed by atoms with Gasteiger partial charge in [0.05, 0.1) is 0 Å². The van der Waals surface area contributed by atoms with Crippen LogP contribution in [0.1, 0.15) is 19.3 Å². The number of amides is 2. The van der Waals surface area contributed by atoms with Crippen LogP contribution in [0.25, 0.3) is 0 Å². The minimum Gasteiger partial charge on any atom is -0.454 e. The van der Waals surface area contributed by atoms with E-state index in [2.05, 4.69) is 24.3 Å². The maximum atomic E-state index is 13.7. The lowest BCUT2D eigenvalue weighted by Crippen LogP contribution is -2.36. The number of halogens is 1. The molecule has 144 valence electrons. The monoisotopic (exact) mass is 371 g/mol. The number of para-hydroxylation sites is 1. The van der Waals surface area contributed by atoms with Gasteiger partial charge in [0.2, 0.25) is 0 Å². The van der Waals surface area contributed by atoms with Crippen LogP contribution in [0.4, 0.5) is 14.9 Å². The van der Waals surface area contributed by atoms with E-state index in [0.717, 1.165) is 32.4 Å². The van der Waals surface area contributed by atoms with Crippen LogP contribution in [0, 0.1) is 5.82 Å². The highest BCUT2D eigenvalue weighted by molar-refractivity contribution is 5.89. The zero-order valence-electron chi connectivity index (χ0n) is 15.8. The number of hydrogen-bond donors (Lipinski definition) is 1. The van der Waals surface area contributed by atoms with E-state index in [4.69, 9.17) is 4.74 Å². The molecule has 0 aromatic heterocycles. The molecule has 2 aromatic rings. The van der Waals surface area contributed by atoms with Gasteiger partial charge in [-0.3, -0.25) is 0 Å². The van der Waals surface area contributed by atoms with Crippen molar-refractivity contribution < 1.29 is 13.9 Å². The van der Waals surface area contributed by atoms with E-state index in [1.807, 2.05) is 4.90 Å². The van der Waals surface area contributed by atoms with Crippen molar-refractivity contribution in [2.75, 3.05) is 32.5 Å². The molecule has 2 aromatic carbocycles. The molecular weight excluding hydrogens is 345 g/mol. The predicted molar refractivity (Wildman–Crippen MR) is 105 cm³/mol. The van der Waals surface area contributed by atoms with Crippen molar-refractivity contribution in [2.24, 2.45) is 0 Å². The van der Waals surface area contributed by atoms with Crippen LogP contribution in [0.2, 0.25) is 0 Å². The van der Waals surface area contributed by atoms with Gasteiger partial charge in [-0.2, -0.15) is 0 Å². The lowest BCUT2D eigenvalue weighted by Gasteiger charge is -2.23. The predicted octanol–water partition coefficient (Wildman–Crippen LogP) is 4.57.